The van der Waals surface area contributed by atoms with Gasteiger partial charge in [-0.3, -0.25) is 0 Å². The minimum absolute atomic E-state index is 0.398. The molecule has 20 heavy (non-hydrogen) atoms. The molecule has 1 fully saturated rings. The standard InChI is InChI=1S/C17H25NO2/c1-3-5-13-8-10-14(11-9-13)18-16-7-4-6-15(12(16)2)17(19)20/h4,6-7,13-14,18H,3,5,8-11H2,1-2H3,(H,19,20). The van der Waals surface area contributed by atoms with Crippen molar-refractivity contribution < 1.29 is 9.90 Å². The molecule has 3 nitrogen and oxygen atoms in total. The van der Waals surface area contributed by atoms with E-state index in [1.165, 1.54) is 38.5 Å². The lowest BCUT2D eigenvalue weighted by atomic mass is 9.83. The number of rotatable bonds is 5. The molecule has 0 unspecified atom stereocenters. The van der Waals surface area contributed by atoms with Crippen LogP contribution in [0.25, 0.3) is 0 Å². The van der Waals surface area contributed by atoms with Crippen LogP contribution in [0.3, 0.4) is 0 Å². The number of nitrogens with one attached hydrogen (secondary N) is 1. The topological polar surface area (TPSA) is 49.3 Å². The van der Waals surface area contributed by atoms with Crippen LogP contribution in [0.5, 0.6) is 0 Å². The quantitative estimate of drug-likeness (QED) is 0.834. The molecule has 1 saturated carbocycles. The zero-order valence-corrected chi connectivity index (χ0v) is 12.5. The predicted octanol–water partition coefficient (Wildman–Crippen LogP) is 4.46. The Hall–Kier alpha value is -1.51. The molecule has 1 aromatic carbocycles. The second-order valence-electron chi connectivity index (χ2n) is 5.93. The first-order valence-electron chi connectivity index (χ1n) is 7.71. The SMILES string of the molecule is CCCC1CCC(Nc2cccc(C(=O)O)c2C)CC1. The molecule has 0 spiro atoms. The second-order valence-corrected chi connectivity index (χ2v) is 5.93. The van der Waals surface area contributed by atoms with Gasteiger partial charge >= 0.3 is 5.97 Å². The van der Waals surface area contributed by atoms with E-state index in [0.717, 1.165) is 17.2 Å². The Morgan fingerprint density at radius 2 is 2.00 bits per heavy atom. The fraction of sp³-hybridized carbons (Fsp3) is 0.588. The molecule has 0 aliphatic heterocycles. The van der Waals surface area contributed by atoms with Crippen LogP contribution in [-0.2, 0) is 0 Å². The summed E-state index contributed by atoms with van der Waals surface area (Å²) in [4.78, 5) is 11.2. The van der Waals surface area contributed by atoms with E-state index in [1.807, 2.05) is 19.1 Å². The highest BCUT2D eigenvalue weighted by molar-refractivity contribution is 5.91. The van der Waals surface area contributed by atoms with Crippen LogP contribution in [-0.4, -0.2) is 17.1 Å². The van der Waals surface area contributed by atoms with Crippen LogP contribution in [0.2, 0.25) is 0 Å². The molecule has 1 aliphatic rings. The number of anilines is 1. The fourth-order valence-electron chi connectivity index (χ4n) is 3.25. The van der Waals surface area contributed by atoms with Crippen molar-refractivity contribution in [2.75, 3.05) is 5.32 Å². The van der Waals surface area contributed by atoms with Crippen LogP contribution in [0.15, 0.2) is 18.2 Å². The average molecular weight is 275 g/mol. The smallest absolute Gasteiger partial charge is 0.336 e. The highest BCUT2D eigenvalue weighted by atomic mass is 16.4. The molecule has 1 aliphatic carbocycles. The minimum atomic E-state index is -0.849. The number of hydrogen-bond donors (Lipinski definition) is 2. The van der Waals surface area contributed by atoms with Crippen molar-refractivity contribution in [2.45, 2.75) is 58.4 Å². The summed E-state index contributed by atoms with van der Waals surface area (Å²) in [5.74, 6) is 0.0438. The van der Waals surface area contributed by atoms with E-state index >= 15 is 0 Å². The van der Waals surface area contributed by atoms with Crippen molar-refractivity contribution in [3.05, 3.63) is 29.3 Å². The molecule has 0 amide bonds. The molecule has 0 heterocycles. The molecule has 0 aromatic heterocycles. The van der Waals surface area contributed by atoms with E-state index in [1.54, 1.807) is 6.07 Å². The third kappa shape index (κ3) is 3.53. The van der Waals surface area contributed by atoms with Gasteiger partial charge in [-0.1, -0.05) is 25.8 Å². The Morgan fingerprint density at radius 3 is 2.60 bits per heavy atom. The summed E-state index contributed by atoms with van der Waals surface area (Å²) in [6, 6.07) is 5.97. The summed E-state index contributed by atoms with van der Waals surface area (Å²) in [6.07, 6.45) is 7.61. The Balaban J connectivity index is 1.98. The van der Waals surface area contributed by atoms with Crippen LogP contribution in [0.1, 0.15) is 61.4 Å². The average Bonchev–Trinajstić information content (AvgIpc) is 2.43. The van der Waals surface area contributed by atoms with Gasteiger partial charge in [-0.2, -0.15) is 0 Å². The molecule has 110 valence electrons. The van der Waals surface area contributed by atoms with Crippen molar-refractivity contribution in [3.8, 4) is 0 Å². The van der Waals surface area contributed by atoms with Crippen molar-refractivity contribution in [1.82, 2.24) is 0 Å². The molecule has 2 N–H and O–H groups in total. The summed E-state index contributed by atoms with van der Waals surface area (Å²) < 4.78 is 0. The molecule has 0 bridgehead atoms. The van der Waals surface area contributed by atoms with Crippen molar-refractivity contribution in [3.63, 3.8) is 0 Å². The lowest BCUT2D eigenvalue weighted by Crippen LogP contribution is -2.26. The number of carboxylic acid groups (broad SMARTS) is 1. The van der Waals surface area contributed by atoms with Crippen LogP contribution in [0.4, 0.5) is 5.69 Å². The third-order valence-corrected chi connectivity index (χ3v) is 4.47. The van der Waals surface area contributed by atoms with Gasteiger partial charge in [0.2, 0.25) is 0 Å². The summed E-state index contributed by atoms with van der Waals surface area (Å²) in [6.45, 7) is 4.14. The van der Waals surface area contributed by atoms with E-state index in [2.05, 4.69) is 12.2 Å². The maximum atomic E-state index is 11.2. The molecule has 1 aromatic rings. The van der Waals surface area contributed by atoms with Gasteiger partial charge in [0.1, 0.15) is 0 Å². The van der Waals surface area contributed by atoms with Gasteiger partial charge in [0.05, 0.1) is 5.56 Å². The van der Waals surface area contributed by atoms with Crippen LogP contribution < -0.4 is 5.32 Å². The van der Waals surface area contributed by atoms with E-state index in [4.69, 9.17) is 5.11 Å². The van der Waals surface area contributed by atoms with Gasteiger partial charge in [-0.25, -0.2) is 4.79 Å². The number of benzene rings is 1. The summed E-state index contributed by atoms with van der Waals surface area (Å²) in [7, 11) is 0. The Labute approximate surface area is 121 Å². The van der Waals surface area contributed by atoms with Crippen LogP contribution >= 0.6 is 0 Å². The highest BCUT2D eigenvalue weighted by Crippen LogP contribution is 2.30. The van der Waals surface area contributed by atoms with Crippen LogP contribution in [0, 0.1) is 12.8 Å². The van der Waals surface area contributed by atoms with E-state index in [9.17, 15) is 4.79 Å². The summed E-state index contributed by atoms with van der Waals surface area (Å²) in [5, 5.41) is 12.7. The molecule has 3 heteroatoms. The van der Waals surface area contributed by atoms with Gasteiger partial charge < -0.3 is 10.4 Å². The number of carboxylic acids is 1. The van der Waals surface area contributed by atoms with Crippen molar-refractivity contribution >= 4 is 11.7 Å². The molecule has 0 atom stereocenters. The number of aromatic carboxylic acids is 1. The normalized spacial score (nSPS) is 22.5. The van der Waals surface area contributed by atoms with Gasteiger partial charge in [-0.05, 0) is 56.2 Å². The summed E-state index contributed by atoms with van der Waals surface area (Å²) >= 11 is 0. The molecular formula is C17H25NO2. The first-order chi connectivity index (χ1) is 9.61. The van der Waals surface area contributed by atoms with E-state index in [-0.39, 0.29) is 0 Å². The molecule has 2 rings (SSSR count). The first kappa shape index (κ1) is 14.9. The summed E-state index contributed by atoms with van der Waals surface area (Å²) in [5.41, 5.74) is 2.22. The fourth-order valence-corrected chi connectivity index (χ4v) is 3.25. The van der Waals surface area contributed by atoms with Gasteiger partial charge in [0.25, 0.3) is 0 Å². The molecule has 0 radical (unpaired) electrons. The Kier molecular flexibility index (Phi) is 5.05. The lowest BCUT2D eigenvalue weighted by molar-refractivity contribution is 0.0696. The Morgan fingerprint density at radius 1 is 1.30 bits per heavy atom. The zero-order valence-electron chi connectivity index (χ0n) is 12.5. The monoisotopic (exact) mass is 275 g/mol. The molecule has 0 saturated heterocycles. The number of hydrogen-bond acceptors (Lipinski definition) is 2. The van der Waals surface area contributed by atoms with E-state index < -0.39 is 5.97 Å². The molecular weight excluding hydrogens is 250 g/mol. The predicted molar refractivity (Wildman–Crippen MR) is 82.4 cm³/mol. The van der Waals surface area contributed by atoms with Gasteiger partial charge in [0.15, 0.2) is 0 Å². The maximum Gasteiger partial charge on any atom is 0.336 e. The van der Waals surface area contributed by atoms with Gasteiger partial charge in [-0.15, -0.1) is 0 Å². The zero-order chi connectivity index (χ0) is 14.5. The highest BCUT2D eigenvalue weighted by Gasteiger charge is 2.21. The number of carbonyl (C=O) groups is 1. The first-order valence-corrected chi connectivity index (χ1v) is 7.71. The van der Waals surface area contributed by atoms with Gasteiger partial charge in [0, 0.05) is 11.7 Å². The van der Waals surface area contributed by atoms with E-state index in [0.29, 0.717) is 11.6 Å². The second kappa shape index (κ2) is 6.78. The largest absolute Gasteiger partial charge is 0.478 e. The maximum absolute atomic E-state index is 11.2. The minimum Gasteiger partial charge on any atom is -0.478 e. The lowest BCUT2D eigenvalue weighted by Gasteiger charge is -2.30. The van der Waals surface area contributed by atoms with Crippen molar-refractivity contribution in [2.24, 2.45) is 5.92 Å². The Bertz CT molecular complexity index is 462. The van der Waals surface area contributed by atoms with Crippen molar-refractivity contribution in [1.29, 1.82) is 0 Å². The third-order valence-electron chi connectivity index (χ3n) is 4.47.